The molecule has 0 saturated carbocycles. The van der Waals surface area contributed by atoms with Gasteiger partial charge in [0.25, 0.3) is 5.91 Å². The van der Waals surface area contributed by atoms with Crippen molar-refractivity contribution in [3.63, 3.8) is 0 Å². The highest BCUT2D eigenvalue weighted by Crippen LogP contribution is 2.34. The molecule has 0 radical (unpaired) electrons. The maximum absolute atomic E-state index is 12.4. The third-order valence-corrected chi connectivity index (χ3v) is 4.48. The molecule has 0 unspecified atom stereocenters. The Morgan fingerprint density at radius 2 is 1.96 bits per heavy atom. The zero-order chi connectivity index (χ0) is 19.0. The fourth-order valence-corrected chi connectivity index (χ4v) is 3.38. The molecule has 2 heterocycles. The van der Waals surface area contributed by atoms with Crippen LogP contribution in [0.2, 0.25) is 0 Å². The van der Waals surface area contributed by atoms with E-state index < -0.39 is 0 Å². The first-order chi connectivity index (χ1) is 13.1. The topological polar surface area (TPSA) is 98.4 Å². The number of rotatable bonds is 4. The van der Waals surface area contributed by atoms with Gasteiger partial charge in [0.05, 0.1) is 17.5 Å². The van der Waals surface area contributed by atoms with E-state index in [2.05, 4.69) is 38.3 Å². The van der Waals surface area contributed by atoms with Gasteiger partial charge in [0.2, 0.25) is 5.91 Å². The summed E-state index contributed by atoms with van der Waals surface area (Å²) < 4.78 is 0. The van der Waals surface area contributed by atoms with Crippen LogP contribution >= 0.6 is 0 Å². The molecule has 1 aromatic heterocycles. The van der Waals surface area contributed by atoms with Crippen LogP contribution in [0.4, 0.5) is 5.69 Å². The summed E-state index contributed by atoms with van der Waals surface area (Å²) in [5, 5.41) is 10.7. The second-order valence-corrected chi connectivity index (χ2v) is 6.47. The number of H-pyrrole nitrogens is 1. The molecule has 0 fully saturated rings. The normalized spacial score (nSPS) is 12.7. The summed E-state index contributed by atoms with van der Waals surface area (Å²) in [6.45, 7) is 2.23. The van der Waals surface area contributed by atoms with Crippen molar-refractivity contribution < 1.29 is 9.59 Å². The molecule has 2 aromatic carbocycles. The number of hydrogen-bond acceptors (Lipinski definition) is 4. The molecule has 1 aliphatic heterocycles. The zero-order valence-corrected chi connectivity index (χ0v) is 15.0. The van der Waals surface area contributed by atoms with E-state index in [1.54, 1.807) is 12.3 Å². The molecule has 136 valence electrons. The quantitative estimate of drug-likeness (QED) is 0.575. The highest BCUT2D eigenvalue weighted by molar-refractivity contribution is 6.18. The molecule has 7 heteroatoms. The Bertz CT molecular complexity index is 1080. The number of hydrogen-bond donors (Lipinski definition) is 4. The molecule has 0 atom stereocenters. The van der Waals surface area contributed by atoms with Crippen molar-refractivity contribution in [2.45, 2.75) is 13.5 Å². The summed E-state index contributed by atoms with van der Waals surface area (Å²) in [5.74, 6) is -0.504. The van der Waals surface area contributed by atoms with E-state index in [0.29, 0.717) is 11.3 Å². The Morgan fingerprint density at radius 1 is 1.19 bits per heavy atom. The first kappa shape index (κ1) is 17.0. The van der Waals surface area contributed by atoms with Gasteiger partial charge in [-0.25, -0.2) is 5.43 Å². The van der Waals surface area contributed by atoms with Gasteiger partial charge in [-0.3, -0.25) is 9.59 Å². The molecular weight excluding hydrogens is 342 g/mol. The smallest absolute Gasteiger partial charge is 0.272 e. The van der Waals surface area contributed by atoms with Crippen molar-refractivity contribution >= 4 is 34.6 Å². The van der Waals surface area contributed by atoms with E-state index in [1.165, 1.54) is 12.5 Å². The van der Waals surface area contributed by atoms with Crippen LogP contribution in [0.5, 0.6) is 0 Å². The lowest BCUT2D eigenvalue weighted by Crippen LogP contribution is -2.17. The minimum atomic E-state index is -0.308. The fraction of sp³-hybridized carbons (Fsp3) is 0.150. The molecule has 27 heavy (non-hydrogen) atoms. The zero-order valence-electron chi connectivity index (χ0n) is 15.0. The van der Waals surface area contributed by atoms with Gasteiger partial charge >= 0.3 is 0 Å². The van der Waals surface area contributed by atoms with Crippen molar-refractivity contribution in [3.8, 4) is 11.3 Å². The molecule has 4 rings (SSSR count). The Labute approximate surface area is 155 Å². The second-order valence-electron chi connectivity index (χ2n) is 6.47. The monoisotopic (exact) mass is 361 g/mol. The maximum atomic E-state index is 12.4. The number of aromatic nitrogens is 1. The van der Waals surface area contributed by atoms with Crippen LogP contribution in [-0.2, 0) is 11.3 Å². The predicted molar refractivity (Wildman–Crippen MR) is 106 cm³/mol. The van der Waals surface area contributed by atoms with E-state index in [-0.39, 0.29) is 11.8 Å². The molecule has 3 aromatic rings. The van der Waals surface area contributed by atoms with Crippen molar-refractivity contribution in [2.75, 3.05) is 12.4 Å². The summed E-state index contributed by atoms with van der Waals surface area (Å²) >= 11 is 0. The maximum Gasteiger partial charge on any atom is 0.272 e. The number of anilines is 1. The average molecular weight is 361 g/mol. The number of nitrogens with one attached hydrogen (secondary N) is 4. The lowest BCUT2D eigenvalue weighted by Gasteiger charge is -2.06. The number of hydrazone groups is 1. The van der Waals surface area contributed by atoms with Crippen molar-refractivity contribution in [1.82, 2.24) is 15.7 Å². The average Bonchev–Trinajstić information content (AvgIpc) is 2.91. The van der Waals surface area contributed by atoms with Gasteiger partial charge in [-0.15, -0.1) is 0 Å². The first-order valence-corrected chi connectivity index (χ1v) is 8.61. The van der Waals surface area contributed by atoms with Crippen molar-refractivity contribution in [3.05, 3.63) is 53.1 Å². The van der Waals surface area contributed by atoms with Crippen molar-refractivity contribution in [2.24, 2.45) is 5.10 Å². The summed E-state index contributed by atoms with van der Waals surface area (Å²) in [4.78, 5) is 27.3. The Morgan fingerprint density at radius 3 is 2.67 bits per heavy atom. The van der Waals surface area contributed by atoms with Gasteiger partial charge < -0.3 is 15.6 Å². The number of aromatic amines is 1. The van der Waals surface area contributed by atoms with Crippen LogP contribution < -0.4 is 16.1 Å². The molecule has 2 amide bonds. The van der Waals surface area contributed by atoms with Crippen LogP contribution in [0, 0.1) is 0 Å². The number of carbonyl (C=O) groups excluding carboxylic acids is 2. The molecule has 4 N–H and O–H groups in total. The predicted octanol–water partition coefficient (Wildman–Crippen LogP) is 2.59. The minimum Gasteiger partial charge on any atom is -0.354 e. The highest BCUT2D eigenvalue weighted by atomic mass is 16.2. The van der Waals surface area contributed by atoms with E-state index in [9.17, 15) is 9.59 Å². The lowest BCUT2D eigenvalue weighted by molar-refractivity contribution is -0.114. The van der Waals surface area contributed by atoms with Gasteiger partial charge in [-0.1, -0.05) is 24.3 Å². The lowest BCUT2D eigenvalue weighted by atomic mass is 10.0. The standard InChI is InChI=1S/C20H19N5O2/c1-11(26)23-14-7-15-18-16(10-22-25-20(15)27)19(24-17(18)8-14)13-5-3-12(4-6-13)9-21-2/h3-8,10,21,24H,9H2,1-2H3,(H,23,26)(H,25,27). The Hall–Kier alpha value is -3.45. The van der Waals surface area contributed by atoms with E-state index in [1.807, 2.05) is 25.2 Å². The largest absolute Gasteiger partial charge is 0.354 e. The van der Waals surface area contributed by atoms with E-state index >= 15 is 0 Å². The van der Waals surface area contributed by atoms with Crippen LogP contribution in [0.15, 0.2) is 41.5 Å². The van der Waals surface area contributed by atoms with Gasteiger partial charge in [0, 0.05) is 35.6 Å². The van der Waals surface area contributed by atoms with Gasteiger partial charge in [-0.2, -0.15) is 5.10 Å². The summed E-state index contributed by atoms with van der Waals surface area (Å²) in [6, 6.07) is 11.7. The van der Waals surface area contributed by atoms with Gasteiger partial charge in [0.15, 0.2) is 0 Å². The second kappa shape index (κ2) is 6.69. The number of nitrogens with zero attached hydrogens (tertiary/aromatic N) is 1. The molecule has 1 aliphatic rings. The number of amides is 2. The fourth-order valence-electron chi connectivity index (χ4n) is 3.38. The summed E-state index contributed by atoms with van der Waals surface area (Å²) in [7, 11) is 1.91. The van der Waals surface area contributed by atoms with Crippen LogP contribution in [0.3, 0.4) is 0 Å². The Kier molecular flexibility index (Phi) is 4.21. The van der Waals surface area contributed by atoms with Crippen LogP contribution in [-0.4, -0.2) is 30.1 Å². The van der Waals surface area contributed by atoms with Gasteiger partial charge in [-0.05, 0) is 30.3 Å². The van der Waals surface area contributed by atoms with Gasteiger partial charge in [0.1, 0.15) is 0 Å². The molecule has 0 spiro atoms. The molecule has 0 saturated heterocycles. The third kappa shape index (κ3) is 3.09. The first-order valence-electron chi connectivity index (χ1n) is 8.61. The number of carbonyl (C=O) groups is 2. The van der Waals surface area contributed by atoms with Crippen LogP contribution in [0.25, 0.3) is 22.2 Å². The number of benzene rings is 2. The molecule has 0 aliphatic carbocycles. The highest BCUT2D eigenvalue weighted by Gasteiger charge is 2.22. The third-order valence-electron chi connectivity index (χ3n) is 4.48. The SMILES string of the molecule is CNCc1ccc(-c2[nH]c3cc(NC(C)=O)cc4c3c2C=NNC4=O)cc1. The van der Waals surface area contributed by atoms with Crippen molar-refractivity contribution in [1.29, 1.82) is 0 Å². The molecule has 7 nitrogen and oxygen atoms in total. The van der Waals surface area contributed by atoms with E-state index in [0.717, 1.165) is 34.3 Å². The van der Waals surface area contributed by atoms with E-state index in [4.69, 9.17) is 0 Å². The van der Waals surface area contributed by atoms with Crippen LogP contribution in [0.1, 0.15) is 28.4 Å². The summed E-state index contributed by atoms with van der Waals surface area (Å²) in [6.07, 6.45) is 1.65. The molecule has 0 bridgehead atoms. The molecular formula is C20H19N5O2. The minimum absolute atomic E-state index is 0.195. The summed E-state index contributed by atoms with van der Waals surface area (Å²) in [5.41, 5.74) is 8.21. The Balaban J connectivity index is 1.91.